The van der Waals surface area contributed by atoms with Crippen molar-refractivity contribution in [1.82, 2.24) is 0 Å². The Labute approximate surface area is 95.4 Å². The van der Waals surface area contributed by atoms with Crippen LogP contribution in [0.5, 0.6) is 0 Å². The van der Waals surface area contributed by atoms with Crippen molar-refractivity contribution in [2.75, 3.05) is 5.32 Å². The molecular weight excluding hydrogens is 217 g/mol. The summed E-state index contributed by atoms with van der Waals surface area (Å²) in [7, 11) is 0. The molecule has 1 nitrogen and oxygen atoms in total. The molecular formula is C11H15Cl2N. The van der Waals surface area contributed by atoms with Gasteiger partial charge in [-0.05, 0) is 25.5 Å². The lowest BCUT2D eigenvalue weighted by Gasteiger charge is -2.16. The zero-order valence-corrected chi connectivity index (χ0v) is 9.99. The number of hydrogen-bond donors (Lipinski definition) is 1. The van der Waals surface area contributed by atoms with Gasteiger partial charge < -0.3 is 5.32 Å². The summed E-state index contributed by atoms with van der Waals surface area (Å²) in [4.78, 5) is 0. The van der Waals surface area contributed by atoms with Gasteiger partial charge in [0.1, 0.15) is 0 Å². The van der Waals surface area contributed by atoms with Crippen molar-refractivity contribution in [3.05, 3.63) is 28.2 Å². The Bertz CT molecular complexity index is 279. The SMILES string of the molecule is CCCC(C)Nc1c(Cl)cccc1Cl. The number of halogens is 2. The van der Waals surface area contributed by atoms with Crippen molar-refractivity contribution < 1.29 is 0 Å². The second-order valence-corrected chi connectivity index (χ2v) is 4.25. The number of benzene rings is 1. The van der Waals surface area contributed by atoms with E-state index in [2.05, 4.69) is 19.2 Å². The van der Waals surface area contributed by atoms with E-state index < -0.39 is 0 Å². The Morgan fingerprint density at radius 3 is 2.36 bits per heavy atom. The molecule has 0 spiro atoms. The lowest BCUT2D eigenvalue weighted by molar-refractivity contribution is 0.690. The van der Waals surface area contributed by atoms with Crippen molar-refractivity contribution in [2.24, 2.45) is 0 Å². The van der Waals surface area contributed by atoms with Crippen LogP contribution in [0.4, 0.5) is 5.69 Å². The zero-order chi connectivity index (χ0) is 10.6. The van der Waals surface area contributed by atoms with E-state index >= 15 is 0 Å². The highest BCUT2D eigenvalue weighted by atomic mass is 35.5. The van der Waals surface area contributed by atoms with Gasteiger partial charge in [-0.25, -0.2) is 0 Å². The molecule has 0 aromatic heterocycles. The van der Waals surface area contributed by atoms with E-state index in [9.17, 15) is 0 Å². The third-order valence-corrected chi connectivity index (χ3v) is 2.71. The van der Waals surface area contributed by atoms with Crippen LogP contribution in [0.1, 0.15) is 26.7 Å². The van der Waals surface area contributed by atoms with Crippen LogP contribution in [-0.4, -0.2) is 6.04 Å². The summed E-state index contributed by atoms with van der Waals surface area (Å²) in [5, 5.41) is 4.68. The van der Waals surface area contributed by atoms with Gasteiger partial charge in [0.05, 0.1) is 15.7 Å². The number of para-hydroxylation sites is 1. The fraction of sp³-hybridized carbons (Fsp3) is 0.455. The van der Waals surface area contributed by atoms with Gasteiger partial charge in [0, 0.05) is 6.04 Å². The Morgan fingerprint density at radius 1 is 1.29 bits per heavy atom. The molecule has 1 atom stereocenters. The summed E-state index contributed by atoms with van der Waals surface area (Å²) in [5.41, 5.74) is 0.844. The molecule has 0 aliphatic heterocycles. The monoisotopic (exact) mass is 231 g/mol. The first-order chi connectivity index (χ1) is 6.65. The smallest absolute Gasteiger partial charge is 0.0720 e. The van der Waals surface area contributed by atoms with Crippen LogP contribution >= 0.6 is 23.2 Å². The van der Waals surface area contributed by atoms with Crippen molar-refractivity contribution in [3.63, 3.8) is 0 Å². The number of rotatable bonds is 4. The molecule has 0 aliphatic carbocycles. The number of anilines is 1. The summed E-state index contributed by atoms with van der Waals surface area (Å²) < 4.78 is 0. The molecule has 3 heteroatoms. The molecule has 1 unspecified atom stereocenters. The minimum atomic E-state index is 0.400. The Kier molecular flexibility index (Phi) is 4.56. The van der Waals surface area contributed by atoms with E-state index in [-0.39, 0.29) is 0 Å². The molecule has 0 heterocycles. The predicted molar refractivity (Wildman–Crippen MR) is 64.5 cm³/mol. The van der Waals surface area contributed by atoms with E-state index in [1.165, 1.54) is 0 Å². The molecule has 0 radical (unpaired) electrons. The third-order valence-electron chi connectivity index (χ3n) is 2.08. The second kappa shape index (κ2) is 5.47. The van der Waals surface area contributed by atoms with E-state index in [1.54, 1.807) is 0 Å². The minimum absolute atomic E-state index is 0.400. The fourth-order valence-electron chi connectivity index (χ4n) is 1.39. The number of nitrogens with one attached hydrogen (secondary N) is 1. The Balaban J connectivity index is 2.75. The molecule has 78 valence electrons. The van der Waals surface area contributed by atoms with Crippen molar-refractivity contribution in [2.45, 2.75) is 32.7 Å². The molecule has 0 aliphatic rings. The molecule has 1 N–H and O–H groups in total. The maximum atomic E-state index is 6.03. The first-order valence-corrected chi connectivity index (χ1v) is 5.61. The highest BCUT2D eigenvalue weighted by molar-refractivity contribution is 6.39. The average molecular weight is 232 g/mol. The normalized spacial score (nSPS) is 12.6. The van der Waals surface area contributed by atoms with Crippen molar-refractivity contribution in [1.29, 1.82) is 0 Å². The fourth-order valence-corrected chi connectivity index (χ4v) is 1.89. The van der Waals surface area contributed by atoms with E-state index in [0.29, 0.717) is 16.1 Å². The summed E-state index contributed by atoms with van der Waals surface area (Å²) >= 11 is 12.1. The molecule has 0 bridgehead atoms. The van der Waals surface area contributed by atoms with Gasteiger partial charge in [0.25, 0.3) is 0 Å². The van der Waals surface area contributed by atoms with Crippen molar-refractivity contribution >= 4 is 28.9 Å². The van der Waals surface area contributed by atoms with Crippen LogP contribution in [0, 0.1) is 0 Å². The number of hydrogen-bond acceptors (Lipinski definition) is 1. The average Bonchev–Trinajstić information content (AvgIpc) is 2.12. The maximum absolute atomic E-state index is 6.03. The lowest BCUT2D eigenvalue weighted by Crippen LogP contribution is -2.14. The van der Waals surface area contributed by atoms with E-state index in [4.69, 9.17) is 23.2 Å². The van der Waals surface area contributed by atoms with Crippen LogP contribution in [0.2, 0.25) is 10.0 Å². The minimum Gasteiger partial charge on any atom is -0.380 e. The van der Waals surface area contributed by atoms with E-state index in [0.717, 1.165) is 18.5 Å². The van der Waals surface area contributed by atoms with Gasteiger partial charge in [-0.2, -0.15) is 0 Å². The van der Waals surface area contributed by atoms with Gasteiger partial charge in [-0.15, -0.1) is 0 Å². The third kappa shape index (κ3) is 3.07. The van der Waals surface area contributed by atoms with Gasteiger partial charge in [0.2, 0.25) is 0 Å². The Hall–Kier alpha value is -0.400. The first-order valence-electron chi connectivity index (χ1n) is 4.85. The topological polar surface area (TPSA) is 12.0 Å². The molecule has 14 heavy (non-hydrogen) atoms. The molecule has 0 amide bonds. The molecule has 1 rings (SSSR count). The maximum Gasteiger partial charge on any atom is 0.0720 e. The Morgan fingerprint density at radius 2 is 1.86 bits per heavy atom. The van der Waals surface area contributed by atoms with Crippen LogP contribution < -0.4 is 5.32 Å². The van der Waals surface area contributed by atoms with Crippen molar-refractivity contribution in [3.8, 4) is 0 Å². The summed E-state index contributed by atoms with van der Waals surface area (Å²) in [6, 6.07) is 5.93. The summed E-state index contributed by atoms with van der Waals surface area (Å²) in [5.74, 6) is 0. The molecule has 0 saturated carbocycles. The van der Waals surface area contributed by atoms with Crippen LogP contribution in [0.3, 0.4) is 0 Å². The van der Waals surface area contributed by atoms with Crippen LogP contribution in [-0.2, 0) is 0 Å². The molecule has 0 fully saturated rings. The zero-order valence-electron chi connectivity index (χ0n) is 8.48. The summed E-state index contributed by atoms with van der Waals surface area (Å²) in [6.07, 6.45) is 2.26. The molecule has 1 aromatic rings. The lowest BCUT2D eigenvalue weighted by atomic mass is 10.2. The van der Waals surface area contributed by atoms with Gasteiger partial charge >= 0.3 is 0 Å². The highest BCUT2D eigenvalue weighted by Gasteiger charge is 2.07. The highest BCUT2D eigenvalue weighted by Crippen LogP contribution is 2.30. The standard InChI is InChI=1S/C11H15Cl2N/c1-3-5-8(2)14-11-9(12)6-4-7-10(11)13/h4,6-8,14H,3,5H2,1-2H3. The largest absolute Gasteiger partial charge is 0.380 e. The quantitative estimate of drug-likeness (QED) is 0.800. The van der Waals surface area contributed by atoms with E-state index in [1.807, 2.05) is 18.2 Å². The second-order valence-electron chi connectivity index (χ2n) is 3.43. The van der Waals surface area contributed by atoms with Gasteiger partial charge in [0.15, 0.2) is 0 Å². The van der Waals surface area contributed by atoms with Crippen LogP contribution in [0.15, 0.2) is 18.2 Å². The molecule has 1 aromatic carbocycles. The molecule has 0 saturated heterocycles. The summed E-state index contributed by atoms with van der Waals surface area (Å²) in [6.45, 7) is 4.29. The first kappa shape index (κ1) is 11.7. The van der Waals surface area contributed by atoms with Gasteiger partial charge in [-0.3, -0.25) is 0 Å². The predicted octanol–water partition coefficient (Wildman–Crippen LogP) is 4.59. The van der Waals surface area contributed by atoms with Crippen LogP contribution in [0.25, 0.3) is 0 Å². The van der Waals surface area contributed by atoms with Gasteiger partial charge in [-0.1, -0.05) is 42.6 Å².